The van der Waals surface area contributed by atoms with Gasteiger partial charge in [0.25, 0.3) is 0 Å². The van der Waals surface area contributed by atoms with Crippen LogP contribution in [-0.4, -0.2) is 30.4 Å². The van der Waals surface area contributed by atoms with E-state index in [1.54, 1.807) is 0 Å². The second-order valence-corrected chi connectivity index (χ2v) is 6.06. The van der Waals surface area contributed by atoms with Crippen LogP contribution in [0.2, 0.25) is 0 Å². The lowest BCUT2D eigenvalue weighted by molar-refractivity contribution is -0.117. The van der Waals surface area contributed by atoms with Gasteiger partial charge in [-0.2, -0.15) is 0 Å². The van der Waals surface area contributed by atoms with Gasteiger partial charge in [0.15, 0.2) is 0 Å². The van der Waals surface area contributed by atoms with Crippen LogP contribution in [0.1, 0.15) is 31.2 Å². The number of carbonyl (C=O) groups excluding carboxylic acids is 1. The molecule has 2 rings (SSSR count). The lowest BCUT2D eigenvalue weighted by Gasteiger charge is -2.19. The molecule has 0 radical (unpaired) electrons. The molecule has 1 N–H and O–H groups in total. The Morgan fingerprint density at radius 3 is 2.50 bits per heavy atom. The Bertz CT molecular complexity index is 445. The molecule has 1 aliphatic rings. The van der Waals surface area contributed by atoms with E-state index in [0.29, 0.717) is 6.54 Å². The fraction of sp³-hybridized carbons (Fsp3) is 0.533. The van der Waals surface area contributed by atoms with E-state index in [0.717, 1.165) is 23.2 Å². The molecule has 1 aliphatic heterocycles. The number of nitrogens with zero attached hydrogens (tertiary/aromatic N) is 1. The number of hydrogen-bond acceptors (Lipinski definition) is 2. The van der Waals surface area contributed by atoms with Gasteiger partial charge in [-0.25, -0.2) is 0 Å². The van der Waals surface area contributed by atoms with E-state index in [-0.39, 0.29) is 18.3 Å². The van der Waals surface area contributed by atoms with Gasteiger partial charge in [0.05, 0.1) is 6.54 Å². The van der Waals surface area contributed by atoms with Gasteiger partial charge in [0.2, 0.25) is 5.91 Å². The Kier molecular flexibility index (Phi) is 7.56. The van der Waals surface area contributed by atoms with Crippen molar-refractivity contribution in [1.82, 2.24) is 4.90 Å². The average Bonchev–Trinajstić information content (AvgIpc) is 2.62. The molecule has 5 heteroatoms. The molecule has 1 aromatic rings. The van der Waals surface area contributed by atoms with Gasteiger partial charge in [-0.1, -0.05) is 34.8 Å². The lowest BCUT2D eigenvalue weighted by Crippen LogP contribution is -3.00. The number of carbonyl (C=O) groups is 1. The van der Waals surface area contributed by atoms with Crippen LogP contribution in [0.5, 0.6) is 0 Å². The van der Waals surface area contributed by atoms with E-state index in [4.69, 9.17) is 0 Å². The third kappa shape index (κ3) is 5.43. The highest BCUT2D eigenvalue weighted by Crippen LogP contribution is 2.20. The van der Waals surface area contributed by atoms with Crippen LogP contribution in [0.3, 0.4) is 0 Å². The first-order chi connectivity index (χ1) is 9.15. The molecule has 1 aromatic carbocycles. The van der Waals surface area contributed by atoms with Gasteiger partial charge in [-0.3, -0.25) is 9.69 Å². The minimum absolute atomic E-state index is 0. The molecule has 1 saturated heterocycles. The summed E-state index contributed by atoms with van der Waals surface area (Å²) in [5.41, 5.74) is 2.03. The van der Waals surface area contributed by atoms with Crippen LogP contribution in [0.25, 0.3) is 0 Å². The molecular weight excluding hydrogens is 340 g/mol. The zero-order valence-corrected chi connectivity index (χ0v) is 14.1. The summed E-state index contributed by atoms with van der Waals surface area (Å²) in [6.45, 7) is 4.63. The van der Waals surface area contributed by atoms with E-state index in [2.05, 4.69) is 26.1 Å². The van der Waals surface area contributed by atoms with Crippen LogP contribution in [0, 0.1) is 6.92 Å². The molecular formula is C15H21BrClN2O-. The van der Waals surface area contributed by atoms with Crippen molar-refractivity contribution < 1.29 is 17.2 Å². The third-order valence-corrected chi connectivity index (χ3v) is 4.38. The van der Waals surface area contributed by atoms with Gasteiger partial charge >= 0.3 is 0 Å². The predicted molar refractivity (Wildman–Crippen MR) is 82.4 cm³/mol. The van der Waals surface area contributed by atoms with E-state index < -0.39 is 0 Å². The molecule has 0 saturated carbocycles. The summed E-state index contributed by atoms with van der Waals surface area (Å²) in [6, 6.07) is 5.90. The number of aryl methyl sites for hydroxylation is 1. The Morgan fingerprint density at radius 1 is 1.25 bits per heavy atom. The standard InChI is InChI=1S/C15H21BrN2O.ClH/c1-12-6-7-13(10-14(12)16)17-15(19)11-18-8-4-2-3-5-9-18;/h6-7,10H,2-5,8-9,11H2,1H3,(H,17,19);1H/p-1. The number of likely N-dealkylation sites (tertiary alicyclic amines) is 1. The zero-order chi connectivity index (χ0) is 13.7. The van der Waals surface area contributed by atoms with Crippen molar-refractivity contribution in [2.75, 3.05) is 25.0 Å². The van der Waals surface area contributed by atoms with Crippen molar-refractivity contribution >= 4 is 27.5 Å². The first-order valence-corrected chi connectivity index (χ1v) is 7.73. The molecule has 1 heterocycles. The maximum absolute atomic E-state index is 12.0. The summed E-state index contributed by atoms with van der Waals surface area (Å²) in [7, 11) is 0. The van der Waals surface area contributed by atoms with Gasteiger partial charge in [0.1, 0.15) is 0 Å². The number of hydrogen-bond donors (Lipinski definition) is 1. The monoisotopic (exact) mass is 359 g/mol. The van der Waals surface area contributed by atoms with Crippen molar-refractivity contribution in [2.24, 2.45) is 0 Å². The molecule has 20 heavy (non-hydrogen) atoms. The molecule has 0 unspecified atom stereocenters. The summed E-state index contributed by atoms with van der Waals surface area (Å²) in [5.74, 6) is 0.0812. The normalized spacial score (nSPS) is 16.1. The topological polar surface area (TPSA) is 32.3 Å². The Hall–Kier alpha value is -0.580. The second kappa shape index (κ2) is 8.65. The molecule has 0 atom stereocenters. The lowest BCUT2D eigenvalue weighted by atomic mass is 10.2. The molecule has 0 spiro atoms. The highest BCUT2D eigenvalue weighted by Gasteiger charge is 2.13. The summed E-state index contributed by atoms with van der Waals surface area (Å²) in [6.07, 6.45) is 5.01. The summed E-state index contributed by atoms with van der Waals surface area (Å²) in [4.78, 5) is 14.3. The number of rotatable bonds is 3. The summed E-state index contributed by atoms with van der Waals surface area (Å²) in [5, 5.41) is 2.97. The molecule has 0 bridgehead atoms. The van der Waals surface area contributed by atoms with Crippen molar-refractivity contribution in [3.63, 3.8) is 0 Å². The van der Waals surface area contributed by atoms with Crippen molar-refractivity contribution in [1.29, 1.82) is 0 Å². The van der Waals surface area contributed by atoms with Crippen LogP contribution in [0.15, 0.2) is 22.7 Å². The Morgan fingerprint density at radius 2 is 1.90 bits per heavy atom. The summed E-state index contributed by atoms with van der Waals surface area (Å²) < 4.78 is 1.03. The fourth-order valence-corrected chi connectivity index (χ4v) is 2.75. The first-order valence-electron chi connectivity index (χ1n) is 6.93. The molecule has 1 fully saturated rings. The first kappa shape index (κ1) is 17.5. The van der Waals surface area contributed by atoms with E-state index in [1.807, 2.05) is 25.1 Å². The number of benzene rings is 1. The van der Waals surface area contributed by atoms with Crippen molar-refractivity contribution in [3.8, 4) is 0 Å². The van der Waals surface area contributed by atoms with Gasteiger partial charge in [-0.15, -0.1) is 0 Å². The van der Waals surface area contributed by atoms with Gasteiger partial charge in [0, 0.05) is 10.2 Å². The smallest absolute Gasteiger partial charge is 0.238 e. The van der Waals surface area contributed by atoms with Gasteiger partial charge in [-0.05, 0) is 50.6 Å². The molecule has 112 valence electrons. The number of nitrogens with one attached hydrogen (secondary N) is 1. The number of halogens is 2. The highest BCUT2D eigenvalue weighted by atomic mass is 79.9. The van der Waals surface area contributed by atoms with Crippen LogP contribution in [0.4, 0.5) is 5.69 Å². The van der Waals surface area contributed by atoms with E-state index >= 15 is 0 Å². The van der Waals surface area contributed by atoms with Crippen LogP contribution < -0.4 is 17.7 Å². The quantitative estimate of drug-likeness (QED) is 0.855. The predicted octanol–water partition coefficient (Wildman–Crippen LogP) is 0.576. The SMILES string of the molecule is Cc1ccc(NC(=O)CN2CCCCCC2)cc1Br.[Cl-]. The molecule has 3 nitrogen and oxygen atoms in total. The zero-order valence-electron chi connectivity index (χ0n) is 11.8. The van der Waals surface area contributed by atoms with Crippen molar-refractivity contribution in [3.05, 3.63) is 28.2 Å². The van der Waals surface area contributed by atoms with Crippen LogP contribution >= 0.6 is 15.9 Å². The van der Waals surface area contributed by atoms with Crippen molar-refractivity contribution in [2.45, 2.75) is 32.6 Å². The van der Waals surface area contributed by atoms with E-state index in [1.165, 1.54) is 31.2 Å². The third-order valence-electron chi connectivity index (χ3n) is 3.52. The fourth-order valence-electron chi connectivity index (χ4n) is 2.37. The second-order valence-electron chi connectivity index (χ2n) is 5.20. The number of anilines is 1. The minimum Gasteiger partial charge on any atom is -1.00 e. The number of amides is 1. The maximum atomic E-state index is 12.0. The Balaban J connectivity index is 0.00000200. The molecule has 1 amide bonds. The highest BCUT2D eigenvalue weighted by molar-refractivity contribution is 9.10. The van der Waals surface area contributed by atoms with E-state index in [9.17, 15) is 4.79 Å². The van der Waals surface area contributed by atoms with Crippen LogP contribution in [-0.2, 0) is 4.79 Å². The maximum Gasteiger partial charge on any atom is 0.238 e. The average molecular weight is 361 g/mol. The Labute approximate surface area is 135 Å². The molecule has 0 aliphatic carbocycles. The minimum atomic E-state index is 0. The molecule has 0 aromatic heterocycles. The summed E-state index contributed by atoms with van der Waals surface area (Å²) >= 11 is 3.48. The largest absolute Gasteiger partial charge is 1.00 e. The van der Waals surface area contributed by atoms with Gasteiger partial charge < -0.3 is 17.7 Å².